The molecule has 0 unspecified atom stereocenters. The molecular formula is C18H24O. The van der Waals surface area contributed by atoms with Crippen LogP contribution in [0.25, 0.3) is 10.8 Å². The van der Waals surface area contributed by atoms with E-state index in [2.05, 4.69) is 48.5 Å². The van der Waals surface area contributed by atoms with Crippen LogP contribution in [0.3, 0.4) is 0 Å². The smallest absolute Gasteiger partial charge is 0.125 e. The van der Waals surface area contributed by atoms with Crippen LogP contribution in [-0.2, 0) is 0 Å². The largest absolute Gasteiger partial charge is 0.496 e. The minimum Gasteiger partial charge on any atom is -0.496 e. The Morgan fingerprint density at radius 2 is 0.842 bits per heavy atom. The van der Waals surface area contributed by atoms with Crippen molar-refractivity contribution in [1.29, 1.82) is 0 Å². The summed E-state index contributed by atoms with van der Waals surface area (Å²) in [5.41, 5.74) is 9.49. The maximum Gasteiger partial charge on any atom is 0.125 e. The Bertz CT molecular complexity index is 679. The number of fused-ring (bicyclic) bond motifs is 1. The van der Waals surface area contributed by atoms with Gasteiger partial charge in [0.1, 0.15) is 5.75 Å². The van der Waals surface area contributed by atoms with Gasteiger partial charge in [-0.25, -0.2) is 0 Å². The van der Waals surface area contributed by atoms with Gasteiger partial charge < -0.3 is 4.74 Å². The Kier molecular flexibility index (Phi) is 3.34. The van der Waals surface area contributed by atoms with E-state index >= 15 is 0 Å². The molecule has 0 aliphatic carbocycles. The zero-order chi connectivity index (χ0) is 14.5. The Morgan fingerprint density at radius 1 is 0.474 bits per heavy atom. The van der Waals surface area contributed by atoms with Crippen LogP contribution >= 0.6 is 0 Å². The first-order valence-electron chi connectivity index (χ1n) is 6.86. The number of benzene rings is 2. The number of rotatable bonds is 1. The second-order valence-electron chi connectivity index (χ2n) is 5.66. The molecule has 2 rings (SSSR count). The summed E-state index contributed by atoms with van der Waals surface area (Å²) in [5.74, 6) is 1.04. The molecule has 0 saturated carbocycles. The van der Waals surface area contributed by atoms with Gasteiger partial charge in [-0.05, 0) is 98.2 Å². The molecule has 0 bridgehead atoms. The van der Waals surface area contributed by atoms with Crippen molar-refractivity contribution in [2.24, 2.45) is 0 Å². The van der Waals surface area contributed by atoms with Gasteiger partial charge in [-0.2, -0.15) is 0 Å². The molecule has 0 aromatic heterocycles. The lowest BCUT2D eigenvalue weighted by Crippen LogP contribution is -2.02. The second-order valence-corrected chi connectivity index (χ2v) is 5.66. The first-order chi connectivity index (χ1) is 8.82. The number of methoxy groups -OCH3 is 1. The molecule has 2 aromatic rings. The number of aryl methyl sites for hydroxylation is 4. The van der Waals surface area contributed by atoms with Gasteiger partial charge in [-0.1, -0.05) is 0 Å². The molecule has 0 heterocycles. The van der Waals surface area contributed by atoms with E-state index in [9.17, 15) is 0 Å². The predicted octanol–water partition coefficient (Wildman–Crippen LogP) is 5.01. The summed E-state index contributed by atoms with van der Waals surface area (Å²) < 4.78 is 5.63. The van der Waals surface area contributed by atoms with Crippen LogP contribution in [0, 0.1) is 48.5 Å². The van der Waals surface area contributed by atoms with Crippen molar-refractivity contribution in [3.8, 4) is 5.75 Å². The quantitative estimate of drug-likeness (QED) is 0.697. The van der Waals surface area contributed by atoms with Gasteiger partial charge in [0.25, 0.3) is 0 Å². The average molecular weight is 256 g/mol. The highest BCUT2D eigenvalue weighted by Crippen LogP contribution is 2.40. The predicted molar refractivity (Wildman–Crippen MR) is 83.7 cm³/mol. The molecule has 0 aliphatic rings. The van der Waals surface area contributed by atoms with Crippen molar-refractivity contribution in [2.75, 3.05) is 7.11 Å². The minimum atomic E-state index is 1.04. The highest BCUT2D eigenvalue weighted by Gasteiger charge is 2.18. The van der Waals surface area contributed by atoms with E-state index in [0.29, 0.717) is 0 Å². The molecule has 102 valence electrons. The molecule has 1 nitrogen and oxygen atoms in total. The summed E-state index contributed by atoms with van der Waals surface area (Å²) in [5, 5.41) is 2.79. The maximum absolute atomic E-state index is 5.63. The Hall–Kier alpha value is -1.50. The van der Waals surface area contributed by atoms with Crippen molar-refractivity contribution >= 4 is 10.8 Å². The summed E-state index contributed by atoms with van der Waals surface area (Å²) in [7, 11) is 1.77. The lowest BCUT2D eigenvalue weighted by Gasteiger charge is -2.22. The van der Waals surface area contributed by atoms with Crippen LogP contribution < -0.4 is 4.74 Å². The van der Waals surface area contributed by atoms with E-state index in [0.717, 1.165) is 5.75 Å². The fraction of sp³-hybridized carbons (Fsp3) is 0.444. The molecule has 0 spiro atoms. The molecule has 0 amide bonds. The van der Waals surface area contributed by atoms with E-state index in [1.165, 1.54) is 49.7 Å². The SMILES string of the molecule is COc1c(C)c(C)c2c(C)c(C)c(C)c(C)c2c1C. The van der Waals surface area contributed by atoms with E-state index in [4.69, 9.17) is 4.74 Å². The second kappa shape index (κ2) is 4.56. The fourth-order valence-corrected chi connectivity index (χ4v) is 3.31. The van der Waals surface area contributed by atoms with Crippen molar-refractivity contribution < 1.29 is 4.74 Å². The van der Waals surface area contributed by atoms with Gasteiger partial charge in [0.05, 0.1) is 7.11 Å². The van der Waals surface area contributed by atoms with Gasteiger partial charge in [0.15, 0.2) is 0 Å². The monoisotopic (exact) mass is 256 g/mol. The highest BCUT2D eigenvalue weighted by molar-refractivity contribution is 5.98. The van der Waals surface area contributed by atoms with Crippen molar-refractivity contribution in [1.82, 2.24) is 0 Å². The standard InChI is InChI=1S/C18H24O/c1-9-10(2)12(4)17-15(7)18(19-8)14(6)13(5)16(17)11(9)3/h1-8H3. The van der Waals surface area contributed by atoms with Gasteiger partial charge in [0.2, 0.25) is 0 Å². The molecule has 0 saturated heterocycles. The highest BCUT2D eigenvalue weighted by atomic mass is 16.5. The van der Waals surface area contributed by atoms with Crippen LogP contribution in [-0.4, -0.2) is 7.11 Å². The van der Waals surface area contributed by atoms with Crippen LogP contribution in [0.15, 0.2) is 0 Å². The van der Waals surface area contributed by atoms with Crippen LogP contribution in [0.5, 0.6) is 5.75 Å². The fourth-order valence-electron chi connectivity index (χ4n) is 3.31. The maximum atomic E-state index is 5.63. The molecule has 0 N–H and O–H groups in total. The average Bonchev–Trinajstić information content (AvgIpc) is 2.38. The van der Waals surface area contributed by atoms with Gasteiger partial charge in [-0.3, -0.25) is 0 Å². The minimum absolute atomic E-state index is 1.04. The van der Waals surface area contributed by atoms with Crippen LogP contribution in [0.2, 0.25) is 0 Å². The molecule has 2 aromatic carbocycles. The third-order valence-corrected chi connectivity index (χ3v) is 4.89. The summed E-state index contributed by atoms with van der Waals surface area (Å²) in [6.07, 6.45) is 0. The zero-order valence-corrected chi connectivity index (χ0v) is 13.4. The van der Waals surface area contributed by atoms with Crippen LogP contribution in [0.4, 0.5) is 0 Å². The molecule has 0 atom stereocenters. The number of hydrogen-bond donors (Lipinski definition) is 0. The molecule has 1 heteroatoms. The summed E-state index contributed by atoms with van der Waals surface area (Å²) in [4.78, 5) is 0. The third kappa shape index (κ3) is 1.75. The number of ether oxygens (including phenoxy) is 1. The molecule has 19 heavy (non-hydrogen) atoms. The number of hydrogen-bond acceptors (Lipinski definition) is 1. The Balaban J connectivity index is 3.18. The lowest BCUT2D eigenvalue weighted by atomic mass is 9.85. The lowest BCUT2D eigenvalue weighted by molar-refractivity contribution is 0.409. The zero-order valence-electron chi connectivity index (χ0n) is 13.4. The molecule has 0 aliphatic heterocycles. The molecule has 0 fully saturated rings. The first-order valence-corrected chi connectivity index (χ1v) is 6.86. The van der Waals surface area contributed by atoms with Gasteiger partial charge >= 0.3 is 0 Å². The Labute approximate surface area is 116 Å². The van der Waals surface area contributed by atoms with Crippen LogP contribution in [0.1, 0.15) is 38.9 Å². The topological polar surface area (TPSA) is 9.23 Å². The van der Waals surface area contributed by atoms with E-state index in [-0.39, 0.29) is 0 Å². The van der Waals surface area contributed by atoms with E-state index in [1.54, 1.807) is 7.11 Å². The summed E-state index contributed by atoms with van der Waals surface area (Å²) in [6, 6.07) is 0. The molecule has 0 radical (unpaired) electrons. The van der Waals surface area contributed by atoms with Gasteiger partial charge in [0, 0.05) is 0 Å². The van der Waals surface area contributed by atoms with Crippen molar-refractivity contribution in [3.63, 3.8) is 0 Å². The summed E-state index contributed by atoms with van der Waals surface area (Å²) in [6.45, 7) is 15.5. The molecular weight excluding hydrogens is 232 g/mol. The summed E-state index contributed by atoms with van der Waals surface area (Å²) >= 11 is 0. The normalized spacial score (nSPS) is 11.2. The van der Waals surface area contributed by atoms with E-state index in [1.807, 2.05) is 0 Å². The van der Waals surface area contributed by atoms with Crippen molar-refractivity contribution in [2.45, 2.75) is 48.5 Å². The van der Waals surface area contributed by atoms with Crippen molar-refractivity contribution in [3.05, 3.63) is 38.9 Å². The van der Waals surface area contributed by atoms with Gasteiger partial charge in [-0.15, -0.1) is 0 Å². The first kappa shape index (κ1) is 13.9. The van der Waals surface area contributed by atoms with E-state index < -0.39 is 0 Å². The third-order valence-electron chi connectivity index (χ3n) is 4.89. The Morgan fingerprint density at radius 3 is 1.26 bits per heavy atom.